The first-order chi connectivity index (χ1) is 11.6. The van der Waals surface area contributed by atoms with Gasteiger partial charge in [-0.1, -0.05) is 30.4 Å². The minimum absolute atomic E-state index is 0.341. The molecule has 0 fully saturated rings. The molecule has 1 N–H and O–H groups in total. The van der Waals surface area contributed by atoms with E-state index in [9.17, 15) is 4.79 Å². The van der Waals surface area contributed by atoms with Gasteiger partial charge in [-0.15, -0.1) is 0 Å². The highest BCUT2D eigenvalue weighted by Gasteiger charge is 2.15. The number of esters is 1. The fourth-order valence-corrected chi connectivity index (χ4v) is 2.71. The fourth-order valence-electron chi connectivity index (χ4n) is 1.90. The molecule has 7 heteroatoms. The van der Waals surface area contributed by atoms with Crippen molar-refractivity contribution in [1.29, 1.82) is 0 Å². The molecule has 0 spiro atoms. The first-order valence-corrected chi connectivity index (χ1v) is 8.62. The Morgan fingerprint density at radius 3 is 3.00 bits per heavy atom. The van der Waals surface area contributed by atoms with Crippen molar-refractivity contribution in [2.75, 3.05) is 18.6 Å². The fraction of sp³-hybridized carbons (Fsp3) is 0.353. The number of aromatic nitrogens is 1. The number of hydrogen-bond donors (Lipinski definition) is 1. The van der Waals surface area contributed by atoms with Gasteiger partial charge >= 0.3 is 5.97 Å². The number of carbonyl (C=O) groups is 1. The van der Waals surface area contributed by atoms with Crippen LogP contribution in [0.1, 0.15) is 41.2 Å². The summed E-state index contributed by atoms with van der Waals surface area (Å²) in [7, 11) is 0. The van der Waals surface area contributed by atoms with Gasteiger partial charge in [0, 0.05) is 0 Å². The average molecular weight is 347 g/mol. The predicted octanol–water partition coefficient (Wildman–Crippen LogP) is 3.86. The molecule has 0 aliphatic heterocycles. The van der Waals surface area contributed by atoms with Gasteiger partial charge in [-0.05, 0) is 38.0 Å². The van der Waals surface area contributed by atoms with Crippen molar-refractivity contribution in [3.8, 4) is 5.75 Å². The number of hydrazone groups is 1. The molecule has 24 heavy (non-hydrogen) atoms. The number of aryl methyl sites for hydroxylation is 1. The van der Waals surface area contributed by atoms with Crippen molar-refractivity contribution < 1.29 is 14.3 Å². The average Bonchev–Trinajstić information content (AvgIpc) is 2.94. The highest BCUT2D eigenvalue weighted by Crippen LogP contribution is 2.23. The van der Waals surface area contributed by atoms with Gasteiger partial charge in [0.1, 0.15) is 10.6 Å². The van der Waals surface area contributed by atoms with Gasteiger partial charge in [0.05, 0.1) is 25.1 Å². The van der Waals surface area contributed by atoms with Crippen molar-refractivity contribution in [2.24, 2.45) is 5.10 Å². The van der Waals surface area contributed by atoms with Crippen LogP contribution < -0.4 is 10.2 Å². The molecule has 0 unspecified atom stereocenters. The van der Waals surface area contributed by atoms with E-state index in [0.717, 1.165) is 17.7 Å². The van der Waals surface area contributed by atoms with Gasteiger partial charge in [0.25, 0.3) is 0 Å². The second-order valence-electron chi connectivity index (χ2n) is 4.94. The minimum Gasteiger partial charge on any atom is -0.494 e. The lowest BCUT2D eigenvalue weighted by molar-refractivity contribution is 0.0531. The van der Waals surface area contributed by atoms with Crippen molar-refractivity contribution in [1.82, 2.24) is 4.98 Å². The molecule has 0 radical (unpaired) electrons. The second kappa shape index (κ2) is 9.02. The van der Waals surface area contributed by atoms with Crippen LogP contribution >= 0.6 is 11.3 Å². The monoisotopic (exact) mass is 347 g/mol. The van der Waals surface area contributed by atoms with Crippen LogP contribution in [-0.2, 0) is 4.74 Å². The Morgan fingerprint density at radius 2 is 2.25 bits per heavy atom. The van der Waals surface area contributed by atoms with E-state index in [-0.39, 0.29) is 5.97 Å². The molecule has 1 heterocycles. The van der Waals surface area contributed by atoms with Crippen LogP contribution in [0.3, 0.4) is 0 Å². The van der Waals surface area contributed by atoms with E-state index in [1.54, 1.807) is 20.1 Å². The Labute approximate surface area is 145 Å². The van der Waals surface area contributed by atoms with Gasteiger partial charge in [0.2, 0.25) is 5.13 Å². The smallest absolute Gasteiger partial charge is 0.350 e. The van der Waals surface area contributed by atoms with Crippen LogP contribution in [0.5, 0.6) is 5.75 Å². The number of hydrogen-bond acceptors (Lipinski definition) is 7. The third kappa shape index (κ3) is 5.06. The Bertz CT molecular complexity index is 713. The molecule has 1 aromatic heterocycles. The number of anilines is 1. The summed E-state index contributed by atoms with van der Waals surface area (Å²) in [4.78, 5) is 16.5. The summed E-state index contributed by atoms with van der Waals surface area (Å²) >= 11 is 1.22. The van der Waals surface area contributed by atoms with Crippen LogP contribution in [0.25, 0.3) is 0 Å². The highest BCUT2D eigenvalue weighted by molar-refractivity contribution is 7.17. The molecule has 0 saturated carbocycles. The van der Waals surface area contributed by atoms with E-state index < -0.39 is 0 Å². The van der Waals surface area contributed by atoms with Crippen molar-refractivity contribution in [2.45, 2.75) is 27.2 Å². The molecule has 0 aliphatic rings. The van der Waals surface area contributed by atoms with Crippen LogP contribution in [0.15, 0.2) is 29.4 Å². The summed E-state index contributed by atoms with van der Waals surface area (Å²) in [6.45, 7) is 6.64. The third-order valence-electron chi connectivity index (χ3n) is 2.96. The predicted molar refractivity (Wildman–Crippen MR) is 96.3 cm³/mol. The van der Waals surface area contributed by atoms with Gasteiger partial charge in [0.15, 0.2) is 0 Å². The standard InChI is InChI=1S/C17H21N3O3S/c1-4-9-23-14-8-6-7-13(10-14)11-18-20-17-19-12(3)15(24-17)16(21)22-5-2/h6-8,10-11H,4-5,9H2,1-3H3,(H,19,20)/b18-11+. The lowest BCUT2D eigenvalue weighted by Crippen LogP contribution is -2.03. The van der Waals surface area contributed by atoms with Crippen molar-refractivity contribution >= 4 is 28.7 Å². The van der Waals surface area contributed by atoms with Crippen LogP contribution in [-0.4, -0.2) is 30.4 Å². The number of ether oxygens (including phenoxy) is 2. The van der Waals surface area contributed by atoms with Crippen molar-refractivity contribution in [3.63, 3.8) is 0 Å². The first kappa shape index (κ1) is 17.9. The molecule has 0 saturated heterocycles. The lowest BCUT2D eigenvalue weighted by atomic mass is 10.2. The molecule has 6 nitrogen and oxygen atoms in total. The Hall–Kier alpha value is -2.41. The SMILES string of the molecule is CCCOc1cccc(/C=N/Nc2nc(C)c(C(=O)OCC)s2)c1. The van der Waals surface area contributed by atoms with E-state index in [1.165, 1.54) is 11.3 Å². The maximum absolute atomic E-state index is 11.8. The third-order valence-corrected chi connectivity index (χ3v) is 4.00. The molecule has 0 atom stereocenters. The normalized spacial score (nSPS) is 10.8. The summed E-state index contributed by atoms with van der Waals surface area (Å²) in [5, 5.41) is 4.70. The van der Waals surface area contributed by atoms with Crippen LogP contribution in [0.4, 0.5) is 5.13 Å². The minimum atomic E-state index is -0.356. The molecular formula is C17H21N3O3S. The number of thiazole rings is 1. The molecule has 1 aromatic carbocycles. The first-order valence-electron chi connectivity index (χ1n) is 7.80. The van der Waals surface area contributed by atoms with E-state index in [2.05, 4.69) is 22.4 Å². The molecule has 0 bridgehead atoms. The zero-order valence-corrected chi connectivity index (χ0v) is 14.9. The van der Waals surface area contributed by atoms with E-state index in [4.69, 9.17) is 9.47 Å². The largest absolute Gasteiger partial charge is 0.494 e. The number of benzene rings is 1. The molecule has 0 amide bonds. The van der Waals surface area contributed by atoms with E-state index >= 15 is 0 Å². The summed E-state index contributed by atoms with van der Waals surface area (Å²) in [5.74, 6) is 0.459. The maximum Gasteiger partial charge on any atom is 0.350 e. The molecule has 128 valence electrons. The van der Waals surface area contributed by atoms with Crippen molar-refractivity contribution in [3.05, 3.63) is 40.4 Å². The molecule has 0 aliphatic carbocycles. The van der Waals surface area contributed by atoms with Gasteiger partial charge < -0.3 is 9.47 Å². The highest BCUT2D eigenvalue weighted by atomic mass is 32.1. The van der Waals surface area contributed by atoms with Gasteiger partial charge in [-0.3, -0.25) is 5.43 Å². The lowest BCUT2D eigenvalue weighted by Gasteiger charge is -2.04. The number of nitrogens with zero attached hydrogens (tertiary/aromatic N) is 2. The summed E-state index contributed by atoms with van der Waals surface area (Å²) < 4.78 is 10.6. The second-order valence-corrected chi connectivity index (χ2v) is 5.94. The zero-order valence-electron chi connectivity index (χ0n) is 14.0. The summed E-state index contributed by atoms with van der Waals surface area (Å²) in [6.07, 6.45) is 2.64. The Kier molecular flexibility index (Phi) is 6.74. The Morgan fingerprint density at radius 1 is 1.42 bits per heavy atom. The molecule has 2 aromatic rings. The van der Waals surface area contributed by atoms with Gasteiger partial charge in [-0.25, -0.2) is 9.78 Å². The topological polar surface area (TPSA) is 72.8 Å². The quantitative estimate of drug-likeness (QED) is 0.446. The molecule has 2 rings (SSSR count). The van der Waals surface area contributed by atoms with Crippen LogP contribution in [0, 0.1) is 6.92 Å². The zero-order chi connectivity index (χ0) is 17.4. The summed E-state index contributed by atoms with van der Waals surface area (Å²) in [6, 6.07) is 7.67. The number of carbonyl (C=O) groups excluding carboxylic acids is 1. The van der Waals surface area contributed by atoms with Crippen LogP contribution in [0.2, 0.25) is 0 Å². The van der Waals surface area contributed by atoms with E-state index in [0.29, 0.717) is 28.9 Å². The summed E-state index contributed by atoms with van der Waals surface area (Å²) in [5.41, 5.74) is 4.38. The molecular weight excluding hydrogens is 326 g/mol. The maximum atomic E-state index is 11.8. The Balaban J connectivity index is 1.99. The number of rotatable bonds is 8. The van der Waals surface area contributed by atoms with E-state index in [1.807, 2.05) is 24.3 Å². The van der Waals surface area contributed by atoms with Gasteiger partial charge in [-0.2, -0.15) is 5.10 Å². The number of nitrogens with one attached hydrogen (secondary N) is 1.